The molecule has 1 amide bonds. The Kier molecular flexibility index (Phi) is 4.76. The quantitative estimate of drug-likeness (QED) is 0.765. The second-order valence-corrected chi connectivity index (χ2v) is 6.38. The Labute approximate surface area is 151 Å². The smallest absolute Gasteiger partial charge is 0.255 e. The monoisotopic (exact) mass is 354 g/mol. The summed E-state index contributed by atoms with van der Waals surface area (Å²) in [6.07, 6.45) is 1.75. The number of aromatic nitrogens is 2. The molecule has 0 atom stereocenters. The van der Waals surface area contributed by atoms with Gasteiger partial charge in [0.2, 0.25) is 0 Å². The maximum Gasteiger partial charge on any atom is 0.255 e. The molecule has 0 bridgehead atoms. The number of nitrogens with zero attached hydrogens (tertiary/aromatic N) is 3. The average molecular weight is 355 g/mol. The number of benzene rings is 2. The highest BCUT2D eigenvalue weighted by atomic mass is 35.5. The summed E-state index contributed by atoms with van der Waals surface area (Å²) >= 11 is 6.06. The number of aryl methyl sites for hydroxylation is 1. The van der Waals surface area contributed by atoms with Crippen molar-refractivity contribution in [3.8, 4) is 5.69 Å². The van der Waals surface area contributed by atoms with Gasteiger partial charge in [-0.3, -0.25) is 4.79 Å². The highest BCUT2D eigenvalue weighted by molar-refractivity contribution is 6.31. The van der Waals surface area contributed by atoms with Gasteiger partial charge in [0.1, 0.15) is 0 Å². The standard InChI is InChI=1S/C19H19ClN4O/c1-13-10-11-21-24(13)16-7-4-14(5-8-16)19(25)22-17-12-15(20)6-9-18(17)23(2)3/h4-12H,1-3H3,(H,22,25). The first-order valence-electron chi connectivity index (χ1n) is 7.85. The number of rotatable bonds is 4. The minimum atomic E-state index is -0.186. The van der Waals surface area contributed by atoms with Crippen molar-refractivity contribution in [2.75, 3.05) is 24.3 Å². The molecular weight excluding hydrogens is 336 g/mol. The van der Waals surface area contributed by atoms with Crippen LogP contribution in [0.3, 0.4) is 0 Å². The SMILES string of the molecule is Cc1ccnn1-c1ccc(C(=O)Nc2cc(Cl)ccc2N(C)C)cc1. The van der Waals surface area contributed by atoms with Crippen molar-refractivity contribution in [3.63, 3.8) is 0 Å². The van der Waals surface area contributed by atoms with E-state index in [4.69, 9.17) is 11.6 Å². The summed E-state index contributed by atoms with van der Waals surface area (Å²) in [6, 6.07) is 14.7. The fourth-order valence-electron chi connectivity index (χ4n) is 2.59. The maximum absolute atomic E-state index is 12.6. The van der Waals surface area contributed by atoms with Gasteiger partial charge in [-0.15, -0.1) is 0 Å². The number of carbonyl (C=O) groups is 1. The molecule has 2 aromatic carbocycles. The topological polar surface area (TPSA) is 50.2 Å². The Morgan fingerprint density at radius 3 is 2.44 bits per heavy atom. The minimum Gasteiger partial charge on any atom is -0.376 e. The van der Waals surface area contributed by atoms with E-state index in [0.717, 1.165) is 17.1 Å². The van der Waals surface area contributed by atoms with Crippen molar-refractivity contribution in [3.05, 3.63) is 71.0 Å². The summed E-state index contributed by atoms with van der Waals surface area (Å²) in [6.45, 7) is 1.98. The summed E-state index contributed by atoms with van der Waals surface area (Å²) in [5, 5.41) is 7.77. The molecule has 128 valence electrons. The molecule has 25 heavy (non-hydrogen) atoms. The third-order valence-electron chi connectivity index (χ3n) is 3.89. The lowest BCUT2D eigenvalue weighted by Gasteiger charge is -2.18. The molecule has 0 spiro atoms. The second-order valence-electron chi connectivity index (χ2n) is 5.94. The van der Waals surface area contributed by atoms with Crippen LogP contribution in [0.4, 0.5) is 11.4 Å². The van der Waals surface area contributed by atoms with Gasteiger partial charge < -0.3 is 10.2 Å². The van der Waals surface area contributed by atoms with Crippen LogP contribution in [0.15, 0.2) is 54.7 Å². The van der Waals surface area contributed by atoms with E-state index in [1.165, 1.54) is 0 Å². The van der Waals surface area contributed by atoms with E-state index in [1.54, 1.807) is 30.5 Å². The van der Waals surface area contributed by atoms with Crippen LogP contribution in [0.2, 0.25) is 5.02 Å². The van der Waals surface area contributed by atoms with Gasteiger partial charge in [0.25, 0.3) is 5.91 Å². The van der Waals surface area contributed by atoms with Crippen LogP contribution in [0.5, 0.6) is 0 Å². The Morgan fingerprint density at radius 2 is 1.84 bits per heavy atom. The van der Waals surface area contributed by atoms with Gasteiger partial charge in [0.15, 0.2) is 0 Å². The molecule has 3 rings (SSSR count). The van der Waals surface area contributed by atoms with Crippen molar-refractivity contribution in [2.45, 2.75) is 6.92 Å². The normalized spacial score (nSPS) is 10.6. The number of anilines is 2. The summed E-state index contributed by atoms with van der Waals surface area (Å²) in [5.41, 5.74) is 4.08. The van der Waals surface area contributed by atoms with Crippen LogP contribution in [0, 0.1) is 6.92 Å². The first-order valence-corrected chi connectivity index (χ1v) is 8.23. The van der Waals surface area contributed by atoms with E-state index in [9.17, 15) is 4.79 Å². The largest absolute Gasteiger partial charge is 0.376 e. The number of hydrogen-bond donors (Lipinski definition) is 1. The first kappa shape index (κ1) is 17.0. The lowest BCUT2D eigenvalue weighted by atomic mass is 10.1. The highest BCUT2D eigenvalue weighted by Gasteiger charge is 2.11. The molecule has 1 aromatic heterocycles. The fraction of sp³-hybridized carbons (Fsp3) is 0.158. The summed E-state index contributed by atoms with van der Waals surface area (Å²) in [5.74, 6) is -0.186. The van der Waals surface area contributed by atoms with Gasteiger partial charge in [-0.25, -0.2) is 4.68 Å². The van der Waals surface area contributed by atoms with E-state index in [-0.39, 0.29) is 5.91 Å². The van der Waals surface area contributed by atoms with Crippen LogP contribution in [0.1, 0.15) is 16.1 Å². The molecule has 3 aromatic rings. The third kappa shape index (κ3) is 3.67. The van der Waals surface area contributed by atoms with Crippen molar-refractivity contribution >= 4 is 28.9 Å². The van der Waals surface area contributed by atoms with Crippen LogP contribution < -0.4 is 10.2 Å². The number of nitrogens with one attached hydrogen (secondary N) is 1. The predicted molar refractivity (Wildman–Crippen MR) is 102 cm³/mol. The van der Waals surface area contributed by atoms with E-state index in [2.05, 4.69) is 10.4 Å². The Balaban J connectivity index is 1.83. The zero-order chi connectivity index (χ0) is 18.0. The molecular formula is C19H19ClN4O. The molecule has 0 saturated carbocycles. The van der Waals surface area contributed by atoms with Gasteiger partial charge in [-0.2, -0.15) is 5.10 Å². The number of hydrogen-bond acceptors (Lipinski definition) is 3. The molecule has 6 heteroatoms. The van der Waals surface area contributed by atoms with Gasteiger partial charge in [-0.05, 0) is 55.5 Å². The van der Waals surface area contributed by atoms with Crippen LogP contribution in [-0.2, 0) is 0 Å². The molecule has 0 unspecified atom stereocenters. The van der Waals surface area contributed by atoms with Crippen molar-refractivity contribution in [2.24, 2.45) is 0 Å². The molecule has 1 N–H and O–H groups in total. The van der Waals surface area contributed by atoms with E-state index >= 15 is 0 Å². The molecule has 5 nitrogen and oxygen atoms in total. The van der Waals surface area contributed by atoms with E-state index in [0.29, 0.717) is 16.3 Å². The minimum absolute atomic E-state index is 0.186. The number of halogens is 1. The molecule has 0 aliphatic rings. The van der Waals surface area contributed by atoms with Gasteiger partial charge >= 0.3 is 0 Å². The molecule has 0 radical (unpaired) electrons. The lowest BCUT2D eigenvalue weighted by molar-refractivity contribution is 0.102. The molecule has 0 aliphatic heterocycles. The van der Waals surface area contributed by atoms with Crippen molar-refractivity contribution in [1.82, 2.24) is 9.78 Å². The van der Waals surface area contributed by atoms with Crippen LogP contribution >= 0.6 is 11.6 Å². The zero-order valence-electron chi connectivity index (χ0n) is 14.3. The van der Waals surface area contributed by atoms with Gasteiger partial charge in [0.05, 0.1) is 17.1 Å². The second kappa shape index (κ2) is 6.99. The summed E-state index contributed by atoms with van der Waals surface area (Å²) in [4.78, 5) is 14.5. The molecule has 0 saturated heterocycles. The predicted octanol–water partition coefficient (Wildman–Crippen LogP) is 4.15. The molecule has 0 fully saturated rings. The van der Waals surface area contributed by atoms with Crippen LogP contribution in [0.25, 0.3) is 5.69 Å². The lowest BCUT2D eigenvalue weighted by Crippen LogP contribution is -2.16. The number of carbonyl (C=O) groups excluding carboxylic acids is 1. The zero-order valence-corrected chi connectivity index (χ0v) is 15.1. The summed E-state index contributed by atoms with van der Waals surface area (Å²) in [7, 11) is 3.83. The Morgan fingerprint density at radius 1 is 1.12 bits per heavy atom. The van der Waals surface area contributed by atoms with Gasteiger partial charge in [-0.1, -0.05) is 11.6 Å². The van der Waals surface area contributed by atoms with E-state index in [1.807, 2.05) is 54.9 Å². The highest BCUT2D eigenvalue weighted by Crippen LogP contribution is 2.28. The maximum atomic E-state index is 12.6. The van der Waals surface area contributed by atoms with Crippen LogP contribution in [-0.4, -0.2) is 29.8 Å². The Bertz CT molecular complexity index is 900. The van der Waals surface area contributed by atoms with Crippen molar-refractivity contribution < 1.29 is 4.79 Å². The van der Waals surface area contributed by atoms with E-state index < -0.39 is 0 Å². The van der Waals surface area contributed by atoms with Gasteiger partial charge in [0, 0.05) is 36.6 Å². The fourth-order valence-corrected chi connectivity index (χ4v) is 2.76. The average Bonchev–Trinajstić information content (AvgIpc) is 3.01. The summed E-state index contributed by atoms with van der Waals surface area (Å²) < 4.78 is 1.82. The first-order chi connectivity index (χ1) is 12.0. The Hall–Kier alpha value is -2.79. The molecule has 0 aliphatic carbocycles. The third-order valence-corrected chi connectivity index (χ3v) is 4.13. The molecule has 1 heterocycles. The number of amides is 1. The van der Waals surface area contributed by atoms with Crippen molar-refractivity contribution in [1.29, 1.82) is 0 Å².